The number of aromatic hydroxyl groups is 1. The number of phenolic OH excluding ortho intramolecular Hbond substituents is 1. The second kappa shape index (κ2) is 6.70. The van der Waals surface area contributed by atoms with Gasteiger partial charge in [-0.1, -0.05) is 6.07 Å². The fraction of sp³-hybridized carbons (Fsp3) is 0.250. The highest BCUT2D eigenvalue weighted by Crippen LogP contribution is 2.23. The van der Waals surface area contributed by atoms with Crippen LogP contribution in [0, 0.1) is 0 Å². The molecule has 0 spiro atoms. The maximum atomic E-state index is 9.91. The molecule has 0 atom stereocenters. The summed E-state index contributed by atoms with van der Waals surface area (Å²) >= 11 is 0. The van der Waals surface area contributed by atoms with Gasteiger partial charge < -0.3 is 10.0 Å². The van der Waals surface area contributed by atoms with Gasteiger partial charge in [0.1, 0.15) is 5.75 Å². The molecule has 4 heteroatoms. The van der Waals surface area contributed by atoms with Crippen molar-refractivity contribution in [3.8, 4) is 5.75 Å². The summed E-state index contributed by atoms with van der Waals surface area (Å²) in [4.78, 5) is 10.6. The lowest BCUT2D eigenvalue weighted by Gasteiger charge is -2.21. The number of benzene rings is 1. The predicted molar refractivity (Wildman–Crippen MR) is 83.2 cm³/mol. The van der Waals surface area contributed by atoms with Crippen molar-refractivity contribution < 1.29 is 5.11 Å². The summed E-state index contributed by atoms with van der Waals surface area (Å²) in [6.07, 6.45) is 3.34. The molecule has 1 N–H and O–H groups in total. The number of pyridine rings is 1. The molecule has 0 saturated carbocycles. The van der Waals surface area contributed by atoms with Crippen LogP contribution in [0.1, 0.15) is 19.4 Å². The van der Waals surface area contributed by atoms with Crippen LogP contribution in [0.25, 0.3) is 0 Å². The van der Waals surface area contributed by atoms with Crippen LogP contribution in [0.4, 0.5) is 11.5 Å². The molecule has 0 bridgehead atoms. The normalized spacial score (nSPS) is 10.9. The first kappa shape index (κ1) is 14.1. The van der Waals surface area contributed by atoms with E-state index in [4.69, 9.17) is 0 Å². The topological polar surface area (TPSA) is 48.7 Å². The zero-order valence-corrected chi connectivity index (χ0v) is 11.8. The molecule has 4 nitrogen and oxygen atoms in total. The number of aromatic nitrogens is 1. The van der Waals surface area contributed by atoms with Gasteiger partial charge in [0.25, 0.3) is 0 Å². The van der Waals surface area contributed by atoms with E-state index in [2.05, 4.69) is 28.7 Å². The Hall–Kier alpha value is -2.36. The molecule has 0 unspecified atom stereocenters. The summed E-state index contributed by atoms with van der Waals surface area (Å²) in [5.74, 6) is 0.848. The van der Waals surface area contributed by atoms with Crippen molar-refractivity contribution in [1.82, 2.24) is 4.98 Å². The lowest BCUT2D eigenvalue weighted by Crippen LogP contribution is -2.21. The highest BCUT2D eigenvalue weighted by molar-refractivity contribution is 5.86. The summed E-state index contributed by atoms with van der Waals surface area (Å²) in [6.45, 7) is 6.08. The van der Waals surface area contributed by atoms with Gasteiger partial charge >= 0.3 is 0 Å². The largest absolute Gasteiger partial charge is 0.507 e. The number of anilines is 1. The molecule has 0 fully saturated rings. The van der Waals surface area contributed by atoms with E-state index in [1.54, 1.807) is 18.5 Å². The zero-order chi connectivity index (χ0) is 14.4. The molecule has 0 aliphatic rings. The minimum atomic E-state index is 0.223. The Morgan fingerprint density at radius 2 is 2.00 bits per heavy atom. The van der Waals surface area contributed by atoms with Crippen LogP contribution in [-0.4, -0.2) is 29.4 Å². The van der Waals surface area contributed by atoms with Crippen LogP contribution in [0.5, 0.6) is 5.75 Å². The van der Waals surface area contributed by atoms with Crippen molar-refractivity contribution in [1.29, 1.82) is 0 Å². The SMILES string of the molecule is CCN(CC)c1ccc(O)c(C=Nc2ccccn2)c1. The molecule has 20 heavy (non-hydrogen) atoms. The van der Waals surface area contributed by atoms with Gasteiger partial charge in [-0.15, -0.1) is 0 Å². The molecule has 0 saturated heterocycles. The van der Waals surface area contributed by atoms with Crippen LogP contribution < -0.4 is 4.90 Å². The van der Waals surface area contributed by atoms with Crippen LogP contribution in [-0.2, 0) is 0 Å². The summed E-state index contributed by atoms with van der Waals surface area (Å²) in [7, 11) is 0. The van der Waals surface area contributed by atoms with Crippen molar-refractivity contribution in [3.05, 3.63) is 48.2 Å². The maximum absolute atomic E-state index is 9.91. The lowest BCUT2D eigenvalue weighted by molar-refractivity contribution is 0.474. The first-order valence-electron chi connectivity index (χ1n) is 6.77. The Morgan fingerprint density at radius 1 is 1.20 bits per heavy atom. The van der Waals surface area contributed by atoms with Crippen molar-refractivity contribution in [2.45, 2.75) is 13.8 Å². The molecule has 2 aromatic rings. The van der Waals surface area contributed by atoms with E-state index in [9.17, 15) is 5.11 Å². The van der Waals surface area contributed by atoms with Crippen LogP contribution >= 0.6 is 0 Å². The molecule has 0 aliphatic heterocycles. The van der Waals surface area contributed by atoms with Crippen molar-refractivity contribution >= 4 is 17.7 Å². The van der Waals surface area contributed by atoms with E-state index in [0.29, 0.717) is 11.4 Å². The van der Waals surface area contributed by atoms with Crippen LogP contribution in [0.3, 0.4) is 0 Å². The maximum Gasteiger partial charge on any atom is 0.151 e. The number of nitrogens with zero attached hydrogens (tertiary/aromatic N) is 3. The van der Waals surface area contributed by atoms with E-state index < -0.39 is 0 Å². The minimum Gasteiger partial charge on any atom is -0.507 e. The Labute approximate surface area is 119 Å². The fourth-order valence-corrected chi connectivity index (χ4v) is 2.00. The molecular weight excluding hydrogens is 250 g/mol. The molecule has 2 rings (SSSR count). The Bertz CT molecular complexity index is 578. The monoisotopic (exact) mass is 269 g/mol. The Balaban J connectivity index is 2.27. The molecule has 0 aliphatic carbocycles. The minimum absolute atomic E-state index is 0.223. The van der Waals surface area contributed by atoms with Crippen molar-refractivity contribution in [2.24, 2.45) is 4.99 Å². The van der Waals surface area contributed by atoms with Crippen LogP contribution in [0.15, 0.2) is 47.6 Å². The standard InChI is InChI=1S/C16H19N3O/c1-3-19(4-2)14-8-9-15(20)13(11-14)12-18-16-7-5-6-10-17-16/h5-12,20H,3-4H2,1-2H3. The van der Waals surface area contributed by atoms with Gasteiger partial charge in [-0.05, 0) is 44.2 Å². The quantitative estimate of drug-likeness (QED) is 0.846. The molecular formula is C16H19N3O. The third-order valence-corrected chi connectivity index (χ3v) is 3.12. The van der Waals surface area contributed by atoms with Crippen LogP contribution in [0.2, 0.25) is 0 Å². The van der Waals surface area contributed by atoms with Gasteiger partial charge in [-0.25, -0.2) is 9.98 Å². The Morgan fingerprint density at radius 3 is 2.65 bits per heavy atom. The Kier molecular flexibility index (Phi) is 4.71. The molecule has 0 radical (unpaired) electrons. The predicted octanol–water partition coefficient (Wildman–Crippen LogP) is 3.38. The first-order valence-corrected chi connectivity index (χ1v) is 6.77. The van der Waals surface area contributed by atoms with E-state index in [-0.39, 0.29) is 5.75 Å². The number of rotatable bonds is 5. The van der Waals surface area contributed by atoms with Gasteiger partial charge in [0.2, 0.25) is 0 Å². The second-order valence-corrected chi connectivity index (χ2v) is 4.36. The smallest absolute Gasteiger partial charge is 0.151 e. The summed E-state index contributed by atoms with van der Waals surface area (Å²) < 4.78 is 0. The van der Waals surface area contributed by atoms with Crippen molar-refractivity contribution in [3.63, 3.8) is 0 Å². The number of hydrogen-bond donors (Lipinski definition) is 1. The molecule has 1 aromatic heterocycles. The van der Waals surface area contributed by atoms with Gasteiger partial charge in [0.05, 0.1) is 0 Å². The van der Waals surface area contributed by atoms with Gasteiger partial charge in [-0.2, -0.15) is 0 Å². The average molecular weight is 269 g/mol. The molecule has 1 heterocycles. The van der Waals surface area contributed by atoms with E-state index in [0.717, 1.165) is 18.8 Å². The second-order valence-electron chi connectivity index (χ2n) is 4.36. The average Bonchev–Trinajstić information content (AvgIpc) is 2.49. The summed E-state index contributed by atoms with van der Waals surface area (Å²) in [5, 5.41) is 9.91. The molecule has 1 aromatic carbocycles. The summed E-state index contributed by atoms with van der Waals surface area (Å²) in [6, 6.07) is 11.1. The van der Waals surface area contributed by atoms with Gasteiger partial charge in [0, 0.05) is 36.8 Å². The van der Waals surface area contributed by atoms with E-state index in [1.807, 2.05) is 30.3 Å². The molecule has 0 amide bonds. The first-order chi connectivity index (χ1) is 9.74. The third kappa shape index (κ3) is 3.35. The van der Waals surface area contributed by atoms with Gasteiger partial charge in [-0.3, -0.25) is 0 Å². The third-order valence-electron chi connectivity index (χ3n) is 3.12. The number of hydrogen-bond acceptors (Lipinski definition) is 4. The summed E-state index contributed by atoms with van der Waals surface area (Å²) in [5.41, 5.74) is 1.77. The number of phenols is 1. The van der Waals surface area contributed by atoms with Crippen molar-refractivity contribution in [2.75, 3.05) is 18.0 Å². The highest BCUT2D eigenvalue weighted by Gasteiger charge is 2.05. The molecule has 104 valence electrons. The van der Waals surface area contributed by atoms with E-state index in [1.165, 1.54) is 0 Å². The lowest BCUT2D eigenvalue weighted by atomic mass is 10.1. The van der Waals surface area contributed by atoms with E-state index >= 15 is 0 Å². The highest BCUT2D eigenvalue weighted by atomic mass is 16.3. The zero-order valence-electron chi connectivity index (χ0n) is 11.8. The fourth-order valence-electron chi connectivity index (χ4n) is 2.00. The number of aliphatic imine (C=N–C) groups is 1. The van der Waals surface area contributed by atoms with Gasteiger partial charge in [0.15, 0.2) is 5.82 Å².